The van der Waals surface area contributed by atoms with Gasteiger partial charge < -0.3 is 10.4 Å². The molecule has 1 amide bonds. The second-order valence-corrected chi connectivity index (χ2v) is 6.53. The van der Waals surface area contributed by atoms with Crippen LogP contribution < -0.4 is 5.32 Å². The predicted molar refractivity (Wildman–Crippen MR) is 80.5 cm³/mol. The molecule has 1 saturated carbocycles. The molecule has 2 N–H and O–H groups in total. The van der Waals surface area contributed by atoms with Crippen molar-refractivity contribution < 1.29 is 9.90 Å². The average Bonchev–Trinajstić information content (AvgIpc) is 2.75. The summed E-state index contributed by atoms with van der Waals surface area (Å²) in [6.45, 7) is 4.18. The Morgan fingerprint density at radius 3 is 2.30 bits per heavy atom. The van der Waals surface area contributed by atoms with Gasteiger partial charge in [0.05, 0.1) is 6.04 Å². The minimum atomic E-state index is -0.0297. The fraction of sp³-hybridized carbons (Fsp3) is 0.938. The molecule has 0 aromatic rings. The van der Waals surface area contributed by atoms with Crippen molar-refractivity contribution in [2.24, 2.45) is 5.92 Å². The summed E-state index contributed by atoms with van der Waals surface area (Å²) in [7, 11) is 0. The van der Waals surface area contributed by atoms with Gasteiger partial charge in [0, 0.05) is 12.6 Å². The first-order chi connectivity index (χ1) is 9.70. The summed E-state index contributed by atoms with van der Waals surface area (Å²) in [5.41, 5.74) is 0. The maximum atomic E-state index is 12.4. The molecule has 2 fully saturated rings. The Labute approximate surface area is 122 Å². The average molecular weight is 282 g/mol. The molecule has 2 rings (SSSR count). The lowest BCUT2D eigenvalue weighted by Gasteiger charge is -2.35. The summed E-state index contributed by atoms with van der Waals surface area (Å²) in [5, 5.41) is 12.4. The zero-order valence-corrected chi connectivity index (χ0v) is 12.8. The van der Waals surface area contributed by atoms with Crippen LogP contribution in [0.4, 0.5) is 0 Å². The molecule has 0 spiro atoms. The number of aliphatic hydroxyl groups is 1. The number of carbonyl (C=O) groups is 1. The van der Waals surface area contributed by atoms with Crippen LogP contribution in [-0.2, 0) is 4.79 Å². The van der Waals surface area contributed by atoms with Crippen molar-refractivity contribution in [2.45, 2.75) is 70.4 Å². The quantitative estimate of drug-likeness (QED) is 0.775. The zero-order chi connectivity index (χ0) is 14.4. The van der Waals surface area contributed by atoms with Gasteiger partial charge in [0.25, 0.3) is 0 Å². The van der Waals surface area contributed by atoms with Crippen LogP contribution in [0, 0.1) is 5.92 Å². The van der Waals surface area contributed by atoms with Crippen LogP contribution in [0.1, 0.15) is 58.3 Å². The monoisotopic (exact) mass is 282 g/mol. The van der Waals surface area contributed by atoms with E-state index in [2.05, 4.69) is 10.2 Å². The Bertz CT molecular complexity index is 293. The molecule has 4 nitrogen and oxygen atoms in total. The summed E-state index contributed by atoms with van der Waals surface area (Å²) in [4.78, 5) is 14.6. The summed E-state index contributed by atoms with van der Waals surface area (Å²) in [6, 6.07) is 0.361. The number of nitrogens with zero attached hydrogens (tertiary/aromatic N) is 1. The standard InChI is InChI=1S/C16H30N2O2/c1-13(18-10-8-14(12-19)9-11-18)16(20)17-15-6-4-2-3-5-7-15/h13-15,19H,2-12H2,1H3,(H,17,20)/t13-/m0/s1. The normalized spacial score (nSPS) is 25.1. The topological polar surface area (TPSA) is 52.6 Å². The van der Waals surface area contributed by atoms with Crippen molar-refractivity contribution in [2.75, 3.05) is 19.7 Å². The van der Waals surface area contributed by atoms with E-state index in [-0.39, 0.29) is 18.6 Å². The minimum Gasteiger partial charge on any atom is -0.396 e. The number of aliphatic hydroxyl groups excluding tert-OH is 1. The lowest BCUT2D eigenvalue weighted by molar-refractivity contribution is -0.127. The van der Waals surface area contributed by atoms with Gasteiger partial charge in [-0.2, -0.15) is 0 Å². The number of amides is 1. The molecular formula is C16H30N2O2. The highest BCUT2D eigenvalue weighted by Gasteiger charge is 2.27. The van der Waals surface area contributed by atoms with Crippen LogP contribution in [0.15, 0.2) is 0 Å². The largest absolute Gasteiger partial charge is 0.396 e. The maximum absolute atomic E-state index is 12.4. The lowest BCUT2D eigenvalue weighted by Crippen LogP contribution is -2.50. The van der Waals surface area contributed by atoms with E-state index in [1.165, 1.54) is 25.7 Å². The number of carbonyl (C=O) groups excluding carboxylic acids is 1. The van der Waals surface area contributed by atoms with Gasteiger partial charge in [-0.3, -0.25) is 9.69 Å². The molecule has 2 aliphatic rings. The van der Waals surface area contributed by atoms with Crippen LogP contribution >= 0.6 is 0 Å². The molecule has 0 aromatic carbocycles. The molecule has 0 radical (unpaired) electrons. The number of rotatable bonds is 4. The molecule has 1 aliphatic heterocycles. The molecule has 1 aliphatic carbocycles. The molecule has 116 valence electrons. The summed E-state index contributed by atoms with van der Waals surface area (Å²) in [6.07, 6.45) is 9.45. The van der Waals surface area contributed by atoms with Gasteiger partial charge in [-0.1, -0.05) is 25.7 Å². The summed E-state index contributed by atoms with van der Waals surface area (Å²) >= 11 is 0. The first-order valence-corrected chi connectivity index (χ1v) is 8.36. The van der Waals surface area contributed by atoms with Crippen molar-refractivity contribution in [3.8, 4) is 0 Å². The minimum absolute atomic E-state index is 0.0297. The highest BCUT2D eigenvalue weighted by Crippen LogP contribution is 2.20. The zero-order valence-electron chi connectivity index (χ0n) is 12.8. The van der Waals surface area contributed by atoms with E-state index in [4.69, 9.17) is 0 Å². The molecule has 0 aromatic heterocycles. The van der Waals surface area contributed by atoms with Crippen LogP contribution in [0.3, 0.4) is 0 Å². The van der Waals surface area contributed by atoms with Gasteiger partial charge in [0.1, 0.15) is 0 Å². The van der Waals surface area contributed by atoms with E-state index in [0.717, 1.165) is 38.8 Å². The van der Waals surface area contributed by atoms with Gasteiger partial charge >= 0.3 is 0 Å². The molecule has 0 unspecified atom stereocenters. The third-order valence-corrected chi connectivity index (χ3v) is 5.04. The maximum Gasteiger partial charge on any atom is 0.237 e. The molecular weight excluding hydrogens is 252 g/mol. The SMILES string of the molecule is C[C@@H](C(=O)NC1CCCCCC1)N1CCC(CO)CC1. The first kappa shape index (κ1) is 15.8. The fourth-order valence-electron chi connectivity index (χ4n) is 3.43. The Balaban J connectivity index is 1.76. The lowest BCUT2D eigenvalue weighted by atomic mass is 9.96. The molecule has 1 atom stereocenters. The third kappa shape index (κ3) is 4.45. The first-order valence-electron chi connectivity index (χ1n) is 8.36. The Morgan fingerprint density at radius 1 is 1.15 bits per heavy atom. The van der Waals surface area contributed by atoms with Crippen LogP contribution in [0.5, 0.6) is 0 Å². The van der Waals surface area contributed by atoms with E-state index in [1.54, 1.807) is 0 Å². The van der Waals surface area contributed by atoms with Gasteiger partial charge in [0.2, 0.25) is 5.91 Å². The number of piperidine rings is 1. The predicted octanol–water partition coefficient (Wildman–Crippen LogP) is 1.92. The van der Waals surface area contributed by atoms with Crippen molar-refractivity contribution >= 4 is 5.91 Å². The number of likely N-dealkylation sites (tertiary alicyclic amines) is 1. The van der Waals surface area contributed by atoms with Gasteiger partial charge in [-0.05, 0) is 51.6 Å². The third-order valence-electron chi connectivity index (χ3n) is 5.04. The Kier molecular flexibility index (Phi) is 6.30. The van der Waals surface area contributed by atoms with Gasteiger partial charge in [-0.25, -0.2) is 0 Å². The summed E-state index contributed by atoms with van der Waals surface area (Å²) < 4.78 is 0. The number of nitrogens with one attached hydrogen (secondary N) is 1. The molecule has 1 heterocycles. The van der Waals surface area contributed by atoms with E-state index in [1.807, 2.05) is 6.92 Å². The Morgan fingerprint density at radius 2 is 1.75 bits per heavy atom. The van der Waals surface area contributed by atoms with Gasteiger partial charge in [-0.15, -0.1) is 0 Å². The van der Waals surface area contributed by atoms with Crippen molar-refractivity contribution in [3.63, 3.8) is 0 Å². The molecule has 20 heavy (non-hydrogen) atoms. The van der Waals surface area contributed by atoms with E-state index >= 15 is 0 Å². The second-order valence-electron chi connectivity index (χ2n) is 6.53. The fourth-order valence-corrected chi connectivity index (χ4v) is 3.43. The molecule has 0 bridgehead atoms. The van der Waals surface area contributed by atoms with Crippen LogP contribution in [0.2, 0.25) is 0 Å². The van der Waals surface area contributed by atoms with Crippen LogP contribution in [-0.4, -0.2) is 47.7 Å². The van der Waals surface area contributed by atoms with Crippen LogP contribution in [0.25, 0.3) is 0 Å². The highest BCUT2D eigenvalue weighted by molar-refractivity contribution is 5.81. The van der Waals surface area contributed by atoms with E-state index in [0.29, 0.717) is 12.0 Å². The highest BCUT2D eigenvalue weighted by atomic mass is 16.3. The van der Waals surface area contributed by atoms with Crippen molar-refractivity contribution in [1.29, 1.82) is 0 Å². The number of hydrogen-bond donors (Lipinski definition) is 2. The van der Waals surface area contributed by atoms with E-state index < -0.39 is 0 Å². The second kappa shape index (κ2) is 7.99. The number of hydrogen-bond acceptors (Lipinski definition) is 3. The molecule has 4 heteroatoms. The smallest absolute Gasteiger partial charge is 0.237 e. The van der Waals surface area contributed by atoms with Crippen molar-refractivity contribution in [1.82, 2.24) is 10.2 Å². The van der Waals surface area contributed by atoms with Crippen molar-refractivity contribution in [3.05, 3.63) is 0 Å². The molecule has 1 saturated heterocycles. The Hall–Kier alpha value is -0.610. The van der Waals surface area contributed by atoms with Gasteiger partial charge in [0.15, 0.2) is 0 Å². The van der Waals surface area contributed by atoms with E-state index in [9.17, 15) is 9.90 Å². The summed E-state index contributed by atoms with van der Waals surface area (Å²) in [5.74, 6) is 0.628.